The molecule has 0 atom stereocenters. The minimum absolute atomic E-state index is 1.22. The van der Waals surface area contributed by atoms with E-state index in [1.54, 1.807) is 0 Å². The van der Waals surface area contributed by atoms with Crippen LogP contribution in [0.5, 0.6) is 0 Å². The van der Waals surface area contributed by atoms with Crippen molar-refractivity contribution in [3.05, 3.63) is 29.3 Å². The zero-order valence-corrected chi connectivity index (χ0v) is 11.0. The molecular formula is C14H21Si. The fourth-order valence-electron chi connectivity index (χ4n) is 1.88. The highest BCUT2D eigenvalue weighted by atomic mass is 28.1. The molecule has 0 fully saturated rings. The quantitative estimate of drug-likeness (QED) is 0.642. The smallest absolute Gasteiger partial charge is 0.0654 e. The topological polar surface area (TPSA) is 0 Å². The van der Waals surface area contributed by atoms with Crippen molar-refractivity contribution >= 4 is 15.4 Å². The summed E-state index contributed by atoms with van der Waals surface area (Å²) in [7, 11) is 3.72. The molecular weight excluding hydrogens is 196 g/mol. The zero-order chi connectivity index (χ0) is 11.1. The number of hydrogen-bond donors (Lipinski definition) is 0. The van der Waals surface area contributed by atoms with Gasteiger partial charge in [0.15, 0.2) is 0 Å². The van der Waals surface area contributed by atoms with E-state index in [0.29, 0.717) is 0 Å². The normalized spacial score (nSPS) is 10.6. The maximum absolute atomic E-state index is 3.72. The molecule has 0 N–H and O–H groups in total. The van der Waals surface area contributed by atoms with Crippen molar-refractivity contribution in [3.8, 4) is 0 Å². The van der Waals surface area contributed by atoms with Crippen LogP contribution in [0.25, 0.3) is 0 Å². The summed E-state index contributed by atoms with van der Waals surface area (Å²) in [5.74, 6) is 0. The summed E-state index contributed by atoms with van der Waals surface area (Å²) < 4.78 is 0. The molecule has 1 aromatic rings. The first-order valence-corrected chi connectivity index (χ1v) is 6.62. The van der Waals surface area contributed by atoms with Crippen molar-refractivity contribution < 1.29 is 0 Å². The second kappa shape index (κ2) is 6.84. The third-order valence-electron chi connectivity index (χ3n) is 2.85. The van der Waals surface area contributed by atoms with Crippen molar-refractivity contribution in [2.45, 2.75) is 52.4 Å². The van der Waals surface area contributed by atoms with Gasteiger partial charge in [0.25, 0.3) is 0 Å². The molecule has 3 radical (unpaired) electrons. The van der Waals surface area contributed by atoms with Crippen molar-refractivity contribution in [1.29, 1.82) is 0 Å². The van der Waals surface area contributed by atoms with Gasteiger partial charge in [0.2, 0.25) is 0 Å². The second-order valence-electron chi connectivity index (χ2n) is 4.15. The molecule has 0 nitrogen and oxygen atoms in total. The standard InChI is InChI=1S/C14H21Si/c1-3-5-8-12-9-7-11-14(15)13(12)10-6-4-2/h7,9,11H,3-6,8,10H2,1-2H3. The number of benzene rings is 1. The van der Waals surface area contributed by atoms with Crippen molar-refractivity contribution in [1.82, 2.24) is 0 Å². The zero-order valence-electron chi connectivity index (χ0n) is 9.97. The van der Waals surface area contributed by atoms with Gasteiger partial charge in [-0.3, -0.25) is 0 Å². The lowest BCUT2D eigenvalue weighted by atomic mass is 9.98. The number of aryl methyl sites for hydroxylation is 1. The van der Waals surface area contributed by atoms with E-state index >= 15 is 0 Å². The lowest BCUT2D eigenvalue weighted by Gasteiger charge is -2.12. The highest BCUT2D eigenvalue weighted by Gasteiger charge is 2.04. The Kier molecular flexibility index (Phi) is 5.70. The second-order valence-corrected chi connectivity index (χ2v) is 4.69. The lowest BCUT2D eigenvalue weighted by molar-refractivity contribution is 0.761. The van der Waals surface area contributed by atoms with Gasteiger partial charge < -0.3 is 0 Å². The van der Waals surface area contributed by atoms with E-state index in [0.717, 1.165) is 0 Å². The first kappa shape index (κ1) is 12.5. The fourth-order valence-corrected chi connectivity index (χ4v) is 2.27. The SMILES string of the molecule is CCCCc1cccc([Si])c1CCCC. The van der Waals surface area contributed by atoms with E-state index in [1.165, 1.54) is 54.8 Å². The predicted octanol–water partition coefficient (Wildman–Crippen LogP) is 3.17. The molecule has 0 unspecified atom stereocenters. The maximum atomic E-state index is 3.72. The third-order valence-corrected chi connectivity index (χ3v) is 3.32. The van der Waals surface area contributed by atoms with Gasteiger partial charge in [-0.05, 0) is 36.8 Å². The van der Waals surface area contributed by atoms with Crippen LogP contribution in [0.3, 0.4) is 0 Å². The molecule has 0 heterocycles. The first-order chi connectivity index (χ1) is 7.29. The van der Waals surface area contributed by atoms with Crippen LogP contribution < -0.4 is 5.19 Å². The molecule has 0 spiro atoms. The number of rotatable bonds is 6. The van der Waals surface area contributed by atoms with Crippen LogP contribution in [0.1, 0.15) is 50.7 Å². The van der Waals surface area contributed by atoms with E-state index in [4.69, 9.17) is 0 Å². The first-order valence-electron chi connectivity index (χ1n) is 6.12. The van der Waals surface area contributed by atoms with Gasteiger partial charge in [-0.25, -0.2) is 0 Å². The van der Waals surface area contributed by atoms with Gasteiger partial charge in [0.1, 0.15) is 0 Å². The van der Waals surface area contributed by atoms with Gasteiger partial charge in [-0.15, -0.1) is 0 Å². The van der Waals surface area contributed by atoms with Crippen LogP contribution in [-0.2, 0) is 12.8 Å². The van der Waals surface area contributed by atoms with Crippen LogP contribution in [-0.4, -0.2) is 10.2 Å². The summed E-state index contributed by atoms with van der Waals surface area (Å²) in [5, 5.41) is 1.29. The van der Waals surface area contributed by atoms with Crippen molar-refractivity contribution in [3.63, 3.8) is 0 Å². The predicted molar refractivity (Wildman–Crippen MR) is 69.1 cm³/mol. The Morgan fingerprint density at radius 1 is 1.00 bits per heavy atom. The van der Waals surface area contributed by atoms with Crippen LogP contribution in [0, 0.1) is 0 Å². The molecule has 81 valence electrons. The lowest BCUT2D eigenvalue weighted by Crippen LogP contribution is -2.13. The molecule has 0 aliphatic carbocycles. The summed E-state index contributed by atoms with van der Waals surface area (Å²) >= 11 is 0. The highest BCUT2D eigenvalue weighted by Crippen LogP contribution is 2.12. The van der Waals surface area contributed by atoms with E-state index in [-0.39, 0.29) is 0 Å². The summed E-state index contributed by atoms with van der Waals surface area (Å²) in [4.78, 5) is 0. The Bertz CT molecular complexity index is 291. The molecule has 0 bridgehead atoms. The highest BCUT2D eigenvalue weighted by molar-refractivity contribution is 6.33. The minimum atomic E-state index is 1.22. The average Bonchev–Trinajstić information content (AvgIpc) is 2.25. The maximum Gasteiger partial charge on any atom is 0.0715 e. The molecule has 1 heteroatoms. The molecule has 1 aromatic carbocycles. The van der Waals surface area contributed by atoms with Gasteiger partial charge in [-0.1, -0.05) is 50.1 Å². The Balaban J connectivity index is 2.77. The van der Waals surface area contributed by atoms with Gasteiger partial charge in [0, 0.05) is 0 Å². The molecule has 0 saturated carbocycles. The molecule has 0 amide bonds. The van der Waals surface area contributed by atoms with E-state index in [2.05, 4.69) is 42.3 Å². The van der Waals surface area contributed by atoms with Crippen LogP contribution >= 0.6 is 0 Å². The Morgan fingerprint density at radius 2 is 1.67 bits per heavy atom. The molecule has 15 heavy (non-hydrogen) atoms. The number of unbranched alkanes of at least 4 members (excludes halogenated alkanes) is 2. The van der Waals surface area contributed by atoms with Gasteiger partial charge >= 0.3 is 0 Å². The molecule has 0 aliphatic rings. The minimum Gasteiger partial charge on any atom is -0.0654 e. The van der Waals surface area contributed by atoms with Gasteiger partial charge in [-0.2, -0.15) is 0 Å². The molecule has 1 rings (SSSR count). The third kappa shape index (κ3) is 3.82. The van der Waals surface area contributed by atoms with E-state index < -0.39 is 0 Å². The summed E-state index contributed by atoms with van der Waals surface area (Å²) in [6, 6.07) is 6.60. The van der Waals surface area contributed by atoms with Crippen LogP contribution in [0.15, 0.2) is 18.2 Å². The fraction of sp³-hybridized carbons (Fsp3) is 0.571. The largest absolute Gasteiger partial charge is 0.0715 e. The average molecular weight is 217 g/mol. The summed E-state index contributed by atoms with van der Waals surface area (Å²) in [6.07, 6.45) is 7.59. The summed E-state index contributed by atoms with van der Waals surface area (Å²) in [6.45, 7) is 4.51. The van der Waals surface area contributed by atoms with Crippen LogP contribution in [0.4, 0.5) is 0 Å². The molecule has 0 aliphatic heterocycles. The number of hydrogen-bond acceptors (Lipinski definition) is 0. The van der Waals surface area contributed by atoms with Gasteiger partial charge in [0.05, 0.1) is 10.2 Å². The van der Waals surface area contributed by atoms with E-state index in [9.17, 15) is 0 Å². The summed E-state index contributed by atoms with van der Waals surface area (Å²) in [5.41, 5.74) is 3.07. The Morgan fingerprint density at radius 3 is 2.33 bits per heavy atom. The monoisotopic (exact) mass is 217 g/mol. The molecule has 0 aromatic heterocycles. The Labute approximate surface area is 97.5 Å². The van der Waals surface area contributed by atoms with E-state index in [1.807, 2.05) is 0 Å². The van der Waals surface area contributed by atoms with Crippen molar-refractivity contribution in [2.24, 2.45) is 0 Å². The molecule has 0 saturated heterocycles. The van der Waals surface area contributed by atoms with Crippen molar-refractivity contribution in [2.75, 3.05) is 0 Å². The Hall–Kier alpha value is -0.563. The van der Waals surface area contributed by atoms with Crippen LogP contribution in [0.2, 0.25) is 0 Å².